The van der Waals surface area contributed by atoms with Gasteiger partial charge in [0.15, 0.2) is 0 Å². The van der Waals surface area contributed by atoms with Crippen LogP contribution in [-0.4, -0.2) is 80.8 Å². The molecular formula is C9H16N6O2. The summed E-state index contributed by atoms with van der Waals surface area (Å²) in [5.74, 6) is -0.245. The second kappa shape index (κ2) is 4.76. The third kappa shape index (κ3) is 2.59. The van der Waals surface area contributed by atoms with Gasteiger partial charge in [-0.2, -0.15) is 5.21 Å². The van der Waals surface area contributed by atoms with Gasteiger partial charge in [-0.1, -0.05) is 0 Å². The zero-order valence-corrected chi connectivity index (χ0v) is 9.87. The van der Waals surface area contributed by atoms with Crippen molar-refractivity contribution in [1.82, 2.24) is 30.4 Å². The van der Waals surface area contributed by atoms with Gasteiger partial charge >= 0.3 is 0 Å². The van der Waals surface area contributed by atoms with Crippen LogP contribution in [0.15, 0.2) is 0 Å². The second-order valence-electron chi connectivity index (χ2n) is 4.50. The molecular weight excluding hydrogens is 224 g/mol. The Morgan fingerprint density at radius 2 is 2.41 bits per heavy atom. The van der Waals surface area contributed by atoms with Crippen molar-refractivity contribution in [2.24, 2.45) is 0 Å². The summed E-state index contributed by atoms with van der Waals surface area (Å²) in [5, 5.41) is 22.6. The molecule has 8 heteroatoms. The molecule has 2 atom stereocenters. The topological polar surface area (TPSA) is 98.2 Å². The van der Waals surface area contributed by atoms with Gasteiger partial charge < -0.3 is 14.9 Å². The molecule has 0 bridgehead atoms. The fourth-order valence-corrected chi connectivity index (χ4v) is 2.12. The fraction of sp³-hybridized carbons (Fsp3) is 0.778. The van der Waals surface area contributed by atoms with Crippen LogP contribution in [0.3, 0.4) is 0 Å². The number of rotatable bonds is 3. The van der Waals surface area contributed by atoms with Crippen LogP contribution in [0.1, 0.15) is 17.0 Å². The van der Waals surface area contributed by atoms with Crippen LogP contribution in [0.2, 0.25) is 0 Å². The van der Waals surface area contributed by atoms with Crippen molar-refractivity contribution in [2.45, 2.75) is 18.6 Å². The Hall–Kier alpha value is -1.54. The van der Waals surface area contributed by atoms with E-state index in [9.17, 15) is 9.90 Å². The molecule has 2 heterocycles. The Bertz CT molecular complexity index is 379. The fourth-order valence-electron chi connectivity index (χ4n) is 2.12. The van der Waals surface area contributed by atoms with Crippen molar-refractivity contribution >= 4 is 5.91 Å². The van der Waals surface area contributed by atoms with E-state index >= 15 is 0 Å². The van der Waals surface area contributed by atoms with Crippen LogP contribution in [-0.2, 0) is 0 Å². The van der Waals surface area contributed by atoms with E-state index in [2.05, 4.69) is 20.6 Å². The van der Waals surface area contributed by atoms with E-state index in [1.807, 2.05) is 19.0 Å². The summed E-state index contributed by atoms with van der Waals surface area (Å²) in [4.78, 5) is 15.6. The number of β-amino-alcohol motifs (C(OH)–C–C–N with tert-alkyl or cyclic N) is 1. The summed E-state index contributed by atoms with van der Waals surface area (Å²) >= 11 is 0. The van der Waals surface area contributed by atoms with Crippen molar-refractivity contribution in [3.05, 3.63) is 5.82 Å². The number of aliphatic hydroxyl groups is 1. The van der Waals surface area contributed by atoms with Gasteiger partial charge in [-0.25, -0.2) is 0 Å². The molecule has 2 unspecified atom stereocenters. The summed E-state index contributed by atoms with van der Waals surface area (Å²) in [5.41, 5.74) is 0. The monoisotopic (exact) mass is 240 g/mol. The zero-order valence-electron chi connectivity index (χ0n) is 9.87. The Labute approximate surface area is 98.6 Å². The predicted molar refractivity (Wildman–Crippen MR) is 58.2 cm³/mol. The minimum atomic E-state index is -0.476. The van der Waals surface area contributed by atoms with Gasteiger partial charge in [0, 0.05) is 19.1 Å². The lowest BCUT2D eigenvalue weighted by molar-refractivity contribution is 0.0687. The molecule has 1 aromatic heterocycles. The largest absolute Gasteiger partial charge is 0.391 e. The molecule has 0 spiro atoms. The molecule has 1 aliphatic rings. The highest BCUT2D eigenvalue weighted by Crippen LogP contribution is 2.19. The molecule has 1 saturated heterocycles. The molecule has 94 valence electrons. The number of hydrogen-bond acceptors (Lipinski definition) is 6. The van der Waals surface area contributed by atoms with E-state index in [4.69, 9.17) is 0 Å². The number of likely N-dealkylation sites (tertiary alicyclic amines) is 1. The molecule has 1 aromatic rings. The van der Waals surface area contributed by atoms with Crippen LogP contribution < -0.4 is 0 Å². The third-order valence-corrected chi connectivity index (χ3v) is 2.77. The van der Waals surface area contributed by atoms with Gasteiger partial charge in [-0.15, -0.1) is 10.2 Å². The van der Waals surface area contributed by atoms with Gasteiger partial charge in [0.05, 0.1) is 6.10 Å². The minimum absolute atomic E-state index is 0.00833. The van der Waals surface area contributed by atoms with Crippen molar-refractivity contribution < 1.29 is 9.90 Å². The van der Waals surface area contributed by atoms with E-state index in [1.165, 1.54) is 0 Å². The molecule has 1 aliphatic heterocycles. The first-order valence-electron chi connectivity index (χ1n) is 5.45. The summed E-state index contributed by atoms with van der Waals surface area (Å²) < 4.78 is 0. The molecule has 0 saturated carbocycles. The summed E-state index contributed by atoms with van der Waals surface area (Å²) in [6.07, 6.45) is 0.109. The first kappa shape index (κ1) is 11.9. The Balaban J connectivity index is 2.10. The van der Waals surface area contributed by atoms with Gasteiger partial charge in [0.2, 0.25) is 0 Å². The summed E-state index contributed by atoms with van der Waals surface area (Å²) in [6, 6.07) is -0.00833. The average Bonchev–Trinajstić information content (AvgIpc) is 2.85. The quantitative estimate of drug-likeness (QED) is 0.656. The average molecular weight is 240 g/mol. The number of nitrogens with zero attached hydrogens (tertiary/aromatic N) is 5. The number of H-pyrrole nitrogens is 1. The van der Waals surface area contributed by atoms with Gasteiger partial charge in [-0.3, -0.25) is 4.79 Å². The molecule has 0 radical (unpaired) electrons. The van der Waals surface area contributed by atoms with Crippen LogP contribution in [0.4, 0.5) is 0 Å². The van der Waals surface area contributed by atoms with E-state index in [-0.39, 0.29) is 17.8 Å². The van der Waals surface area contributed by atoms with E-state index < -0.39 is 6.10 Å². The molecule has 0 aliphatic carbocycles. The highest BCUT2D eigenvalue weighted by atomic mass is 16.3. The molecule has 1 fully saturated rings. The SMILES string of the molecule is CN(C)CC1CC(O)CN1C(=O)c1nn[nH]n1. The minimum Gasteiger partial charge on any atom is -0.391 e. The zero-order chi connectivity index (χ0) is 12.4. The molecule has 2 rings (SSSR count). The lowest BCUT2D eigenvalue weighted by Gasteiger charge is -2.25. The summed E-state index contributed by atoms with van der Waals surface area (Å²) in [7, 11) is 3.86. The molecule has 8 nitrogen and oxygen atoms in total. The number of hydrogen-bond donors (Lipinski definition) is 2. The highest BCUT2D eigenvalue weighted by Gasteiger charge is 2.36. The third-order valence-electron chi connectivity index (χ3n) is 2.77. The maximum atomic E-state index is 12.1. The number of amides is 1. The lowest BCUT2D eigenvalue weighted by atomic mass is 10.2. The Morgan fingerprint density at radius 1 is 1.65 bits per heavy atom. The second-order valence-corrected chi connectivity index (χ2v) is 4.50. The van der Waals surface area contributed by atoms with Crippen molar-refractivity contribution in [2.75, 3.05) is 27.2 Å². The molecule has 1 amide bonds. The number of likely N-dealkylation sites (N-methyl/N-ethyl adjacent to an activating group) is 1. The van der Waals surface area contributed by atoms with Crippen molar-refractivity contribution in [1.29, 1.82) is 0 Å². The first-order valence-corrected chi connectivity index (χ1v) is 5.45. The van der Waals surface area contributed by atoms with Gasteiger partial charge in [0.1, 0.15) is 0 Å². The Kier molecular flexibility index (Phi) is 3.34. The predicted octanol–water partition coefficient (Wildman–Crippen LogP) is -1.66. The number of aliphatic hydroxyl groups excluding tert-OH is 1. The number of aromatic amines is 1. The normalized spacial score (nSPS) is 24.6. The maximum absolute atomic E-state index is 12.1. The van der Waals surface area contributed by atoms with Gasteiger partial charge in [-0.05, 0) is 25.7 Å². The lowest BCUT2D eigenvalue weighted by Crippen LogP contribution is -2.41. The van der Waals surface area contributed by atoms with Crippen LogP contribution >= 0.6 is 0 Å². The smallest absolute Gasteiger partial charge is 0.295 e. The van der Waals surface area contributed by atoms with Crippen LogP contribution in [0, 0.1) is 0 Å². The molecule has 2 N–H and O–H groups in total. The molecule has 0 aromatic carbocycles. The van der Waals surface area contributed by atoms with Crippen LogP contribution in [0.5, 0.6) is 0 Å². The number of nitrogens with one attached hydrogen (secondary N) is 1. The maximum Gasteiger partial charge on any atom is 0.295 e. The van der Waals surface area contributed by atoms with Crippen LogP contribution in [0.25, 0.3) is 0 Å². The molecule has 17 heavy (non-hydrogen) atoms. The number of aromatic nitrogens is 4. The Morgan fingerprint density at radius 3 is 3.00 bits per heavy atom. The number of carbonyl (C=O) groups excluding carboxylic acids is 1. The standard InChI is InChI=1S/C9H16N6O2/c1-14(2)4-6-3-7(16)5-15(6)9(17)8-10-12-13-11-8/h6-7,16H,3-5H2,1-2H3,(H,10,11,12,13). The van der Waals surface area contributed by atoms with Crippen molar-refractivity contribution in [3.63, 3.8) is 0 Å². The van der Waals surface area contributed by atoms with E-state index in [0.29, 0.717) is 19.5 Å². The summed E-state index contributed by atoms with van der Waals surface area (Å²) in [6.45, 7) is 1.03. The van der Waals surface area contributed by atoms with E-state index in [1.54, 1.807) is 4.90 Å². The number of carbonyl (C=O) groups is 1. The van der Waals surface area contributed by atoms with Crippen molar-refractivity contribution in [3.8, 4) is 0 Å². The first-order chi connectivity index (χ1) is 8.08. The van der Waals surface area contributed by atoms with E-state index in [0.717, 1.165) is 0 Å². The van der Waals surface area contributed by atoms with Gasteiger partial charge in [0.25, 0.3) is 11.7 Å². The number of tetrazole rings is 1. The highest BCUT2D eigenvalue weighted by molar-refractivity contribution is 5.90.